The van der Waals surface area contributed by atoms with E-state index in [0.717, 1.165) is 0 Å². The number of azo groups is 1. The fraction of sp³-hybridized carbons (Fsp3) is 0.455. The standard InChI is InChI=1S/C11H17N3O2/c1-3-9(15)7-16-11-5-4-8(14-13-2)6-10(11)12/h4-6,9,15H,3,7,12H2,1-2H3. The minimum absolute atomic E-state index is 0.245. The van der Waals surface area contributed by atoms with Gasteiger partial charge in [-0.2, -0.15) is 10.2 Å². The molecule has 0 amide bonds. The average Bonchev–Trinajstić information content (AvgIpc) is 2.28. The molecule has 0 aliphatic rings. The van der Waals surface area contributed by atoms with Crippen molar-refractivity contribution >= 4 is 11.4 Å². The first-order valence-electron chi connectivity index (χ1n) is 5.17. The van der Waals surface area contributed by atoms with E-state index in [1.54, 1.807) is 25.2 Å². The number of nitrogen functional groups attached to an aromatic ring is 1. The van der Waals surface area contributed by atoms with Crippen LogP contribution in [0.4, 0.5) is 11.4 Å². The van der Waals surface area contributed by atoms with Gasteiger partial charge < -0.3 is 15.6 Å². The number of ether oxygens (including phenoxy) is 1. The SMILES string of the molecule is CCC(O)COc1ccc(N=NC)cc1N. The van der Waals surface area contributed by atoms with Crippen molar-refractivity contribution in [1.29, 1.82) is 0 Å². The molecule has 0 aromatic heterocycles. The van der Waals surface area contributed by atoms with E-state index in [4.69, 9.17) is 10.5 Å². The van der Waals surface area contributed by atoms with Crippen molar-refractivity contribution in [2.45, 2.75) is 19.4 Å². The van der Waals surface area contributed by atoms with Crippen molar-refractivity contribution in [2.24, 2.45) is 10.2 Å². The lowest BCUT2D eigenvalue weighted by Crippen LogP contribution is -2.16. The van der Waals surface area contributed by atoms with Gasteiger partial charge >= 0.3 is 0 Å². The third kappa shape index (κ3) is 3.51. The van der Waals surface area contributed by atoms with Gasteiger partial charge in [-0.3, -0.25) is 0 Å². The molecule has 1 atom stereocenters. The zero-order valence-electron chi connectivity index (χ0n) is 9.55. The molecule has 0 saturated heterocycles. The number of aliphatic hydroxyl groups is 1. The van der Waals surface area contributed by atoms with Gasteiger partial charge in [0.05, 0.1) is 17.5 Å². The van der Waals surface area contributed by atoms with Gasteiger partial charge in [0.2, 0.25) is 0 Å². The quantitative estimate of drug-likeness (QED) is 0.592. The maximum absolute atomic E-state index is 9.35. The van der Waals surface area contributed by atoms with Crippen molar-refractivity contribution < 1.29 is 9.84 Å². The monoisotopic (exact) mass is 223 g/mol. The molecule has 5 nitrogen and oxygen atoms in total. The lowest BCUT2D eigenvalue weighted by molar-refractivity contribution is 0.105. The topological polar surface area (TPSA) is 80.2 Å². The summed E-state index contributed by atoms with van der Waals surface area (Å²) in [6, 6.07) is 5.17. The van der Waals surface area contributed by atoms with E-state index >= 15 is 0 Å². The number of aliphatic hydroxyl groups excluding tert-OH is 1. The first-order valence-corrected chi connectivity index (χ1v) is 5.17. The van der Waals surface area contributed by atoms with Crippen LogP contribution in [0.25, 0.3) is 0 Å². The van der Waals surface area contributed by atoms with Crippen molar-refractivity contribution in [3.8, 4) is 5.75 Å². The van der Waals surface area contributed by atoms with Crippen molar-refractivity contribution in [1.82, 2.24) is 0 Å². The molecule has 88 valence electrons. The molecule has 0 aliphatic heterocycles. The van der Waals surface area contributed by atoms with Crippen LogP contribution in [-0.2, 0) is 0 Å². The predicted molar refractivity (Wildman–Crippen MR) is 63.1 cm³/mol. The van der Waals surface area contributed by atoms with Gasteiger partial charge in [0.15, 0.2) is 0 Å². The second kappa shape index (κ2) is 6.07. The third-order valence-electron chi connectivity index (χ3n) is 2.11. The number of hydrogen-bond acceptors (Lipinski definition) is 5. The normalized spacial score (nSPS) is 12.9. The minimum atomic E-state index is -0.464. The third-order valence-corrected chi connectivity index (χ3v) is 2.11. The second-order valence-electron chi connectivity index (χ2n) is 3.40. The van der Waals surface area contributed by atoms with Gasteiger partial charge in [0, 0.05) is 7.05 Å². The summed E-state index contributed by atoms with van der Waals surface area (Å²) in [5.74, 6) is 0.558. The minimum Gasteiger partial charge on any atom is -0.489 e. The average molecular weight is 223 g/mol. The Morgan fingerprint density at radius 2 is 2.25 bits per heavy atom. The summed E-state index contributed by atoms with van der Waals surface area (Å²) < 4.78 is 5.38. The highest BCUT2D eigenvalue weighted by molar-refractivity contribution is 5.60. The molecule has 1 rings (SSSR count). The van der Waals surface area contributed by atoms with E-state index in [-0.39, 0.29) is 6.61 Å². The van der Waals surface area contributed by atoms with Gasteiger partial charge in [-0.25, -0.2) is 0 Å². The van der Waals surface area contributed by atoms with Gasteiger partial charge in [-0.05, 0) is 24.6 Å². The molecule has 0 heterocycles. The van der Waals surface area contributed by atoms with Crippen LogP contribution in [0, 0.1) is 0 Å². The zero-order chi connectivity index (χ0) is 12.0. The van der Waals surface area contributed by atoms with Crippen LogP contribution in [0.5, 0.6) is 5.75 Å². The Labute approximate surface area is 95.0 Å². The first-order chi connectivity index (χ1) is 7.67. The predicted octanol–water partition coefficient (Wildman–Crippen LogP) is 2.13. The number of rotatable bonds is 5. The van der Waals surface area contributed by atoms with Crippen molar-refractivity contribution in [3.05, 3.63) is 18.2 Å². The lowest BCUT2D eigenvalue weighted by Gasteiger charge is -2.12. The molecule has 1 aromatic carbocycles. The van der Waals surface area contributed by atoms with Crippen LogP contribution in [0.15, 0.2) is 28.4 Å². The smallest absolute Gasteiger partial charge is 0.142 e. The van der Waals surface area contributed by atoms with E-state index in [1.165, 1.54) is 0 Å². The molecule has 16 heavy (non-hydrogen) atoms. The first kappa shape index (κ1) is 12.4. The van der Waals surface area contributed by atoms with Gasteiger partial charge in [0.25, 0.3) is 0 Å². The molecule has 0 bridgehead atoms. The summed E-state index contributed by atoms with van der Waals surface area (Å²) in [6.45, 7) is 2.14. The summed E-state index contributed by atoms with van der Waals surface area (Å²) in [4.78, 5) is 0. The Bertz CT molecular complexity index is 366. The maximum atomic E-state index is 9.35. The van der Waals surface area contributed by atoms with Crippen LogP contribution in [-0.4, -0.2) is 24.9 Å². The molecular weight excluding hydrogens is 206 g/mol. The fourth-order valence-corrected chi connectivity index (χ4v) is 1.15. The molecule has 0 radical (unpaired) electrons. The fourth-order valence-electron chi connectivity index (χ4n) is 1.15. The number of anilines is 1. The van der Waals surface area contributed by atoms with Crippen molar-refractivity contribution in [2.75, 3.05) is 19.4 Å². The summed E-state index contributed by atoms with van der Waals surface area (Å²) in [6.07, 6.45) is 0.191. The Kier molecular flexibility index (Phi) is 4.72. The second-order valence-corrected chi connectivity index (χ2v) is 3.40. The molecule has 0 aliphatic carbocycles. The number of nitrogens with two attached hydrogens (primary N) is 1. The number of benzene rings is 1. The van der Waals surface area contributed by atoms with Crippen LogP contribution in [0.3, 0.4) is 0 Å². The molecule has 3 N–H and O–H groups in total. The van der Waals surface area contributed by atoms with Crippen LogP contribution in [0.1, 0.15) is 13.3 Å². The zero-order valence-corrected chi connectivity index (χ0v) is 9.55. The summed E-state index contributed by atoms with van der Waals surface area (Å²) in [5, 5.41) is 16.9. The number of hydrogen-bond donors (Lipinski definition) is 2. The van der Waals surface area contributed by atoms with E-state index in [2.05, 4.69) is 10.2 Å². The summed E-state index contributed by atoms with van der Waals surface area (Å²) in [7, 11) is 1.60. The Balaban J connectivity index is 2.68. The molecule has 0 fully saturated rings. The van der Waals surface area contributed by atoms with E-state index in [9.17, 15) is 5.11 Å². The summed E-state index contributed by atoms with van der Waals surface area (Å²) >= 11 is 0. The molecule has 5 heteroatoms. The largest absolute Gasteiger partial charge is 0.489 e. The molecule has 1 unspecified atom stereocenters. The van der Waals surface area contributed by atoms with Gasteiger partial charge in [-0.1, -0.05) is 6.92 Å². The Morgan fingerprint density at radius 1 is 1.50 bits per heavy atom. The Hall–Kier alpha value is -1.62. The highest BCUT2D eigenvalue weighted by Crippen LogP contribution is 2.26. The van der Waals surface area contributed by atoms with E-state index in [1.807, 2.05) is 6.92 Å². The van der Waals surface area contributed by atoms with Gasteiger partial charge in [-0.15, -0.1) is 0 Å². The van der Waals surface area contributed by atoms with E-state index < -0.39 is 6.10 Å². The molecule has 0 spiro atoms. The van der Waals surface area contributed by atoms with Crippen LogP contribution >= 0.6 is 0 Å². The van der Waals surface area contributed by atoms with Crippen LogP contribution < -0.4 is 10.5 Å². The highest BCUT2D eigenvalue weighted by atomic mass is 16.5. The molecular formula is C11H17N3O2. The highest BCUT2D eigenvalue weighted by Gasteiger charge is 2.05. The molecule has 1 aromatic rings. The Morgan fingerprint density at radius 3 is 2.81 bits per heavy atom. The van der Waals surface area contributed by atoms with Crippen LogP contribution in [0.2, 0.25) is 0 Å². The van der Waals surface area contributed by atoms with Gasteiger partial charge in [0.1, 0.15) is 12.4 Å². The maximum Gasteiger partial charge on any atom is 0.142 e. The van der Waals surface area contributed by atoms with Crippen molar-refractivity contribution in [3.63, 3.8) is 0 Å². The lowest BCUT2D eigenvalue weighted by atomic mass is 10.2. The number of nitrogens with zero attached hydrogens (tertiary/aromatic N) is 2. The summed E-state index contributed by atoms with van der Waals surface area (Å²) in [5.41, 5.74) is 6.95. The molecule has 0 saturated carbocycles. The van der Waals surface area contributed by atoms with E-state index in [0.29, 0.717) is 23.5 Å².